The average Bonchev–Trinajstić information content (AvgIpc) is 3.04. The number of aromatic nitrogens is 2. The summed E-state index contributed by atoms with van der Waals surface area (Å²) < 4.78 is 0. The van der Waals surface area contributed by atoms with E-state index < -0.39 is 0 Å². The monoisotopic (exact) mass is 735 g/mol. The summed E-state index contributed by atoms with van der Waals surface area (Å²) in [6, 6.07) is 44.7. The van der Waals surface area contributed by atoms with Crippen LogP contribution in [0.1, 0.15) is 50.7 Å². The maximum absolute atomic E-state index is 4.75. The van der Waals surface area contributed by atoms with Crippen molar-refractivity contribution in [2.24, 2.45) is 0 Å². The molecule has 0 saturated carbocycles. The molecule has 215 valence electrons. The molecule has 0 spiro atoms. The van der Waals surface area contributed by atoms with Crippen LogP contribution in [0.3, 0.4) is 0 Å². The quantitative estimate of drug-likeness (QED) is 0.133. The van der Waals surface area contributed by atoms with Gasteiger partial charge in [0.1, 0.15) is 0 Å². The Kier molecular flexibility index (Phi) is 9.46. The summed E-state index contributed by atoms with van der Waals surface area (Å²) in [6.07, 6.45) is 3.77. The van der Waals surface area contributed by atoms with Gasteiger partial charge in [-0.3, -0.25) is 0 Å². The molecule has 0 aliphatic rings. The minimum atomic E-state index is 0. The topological polar surface area (TPSA) is 25.8 Å². The van der Waals surface area contributed by atoms with Gasteiger partial charge in [0.15, 0.2) is 0 Å². The molecule has 2 heterocycles. The van der Waals surface area contributed by atoms with E-state index in [2.05, 4.69) is 112 Å². The van der Waals surface area contributed by atoms with Crippen LogP contribution in [0.15, 0.2) is 122 Å². The molecule has 2 nitrogen and oxygen atoms in total. The standard InChI is InChI=1S/C25H24N.C15H10N.Ir/c1-16(2)19-13-20(17(3)4)15-21(14-19)25-24-10-9-18-7-5-6-8-22(18)23(24)11-12-26-25;1-2-7-13(8-3-1)15-14-9-5-4-6-12(14)10-11-16-15;/h5-14,16-17H,1-4H3;1-7,9-11H;/q2*-1;. The molecular formula is C40H34IrN2-2. The predicted molar refractivity (Wildman–Crippen MR) is 178 cm³/mol. The van der Waals surface area contributed by atoms with Crippen LogP contribution in [0.5, 0.6) is 0 Å². The van der Waals surface area contributed by atoms with Crippen molar-refractivity contribution in [1.82, 2.24) is 9.97 Å². The van der Waals surface area contributed by atoms with E-state index in [0.29, 0.717) is 11.8 Å². The zero-order valence-electron chi connectivity index (χ0n) is 24.9. The summed E-state index contributed by atoms with van der Waals surface area (Å²) in [5.41, 5.74) is 6.77. The molecule has 0 fully saturated rings. The van der Waals surface area contributed by atoms with Crippen LogP contribution in [-0.4, -0.2) is 9.97 Å². The Morgan fingerprint density at radius 2 is 1.19 bits per heavy atom. The van der Waals surface area contributed by atoms with Crippen LogP contribution >= 0.6 is 0 Å². The van der Waals surface area contributed by atoms with Crippen molar-refractivity contribution in [3.63, 3.8) is 0 Å². The largest absolute Gasteiger partial charge is 0.304 e. The van der Waals surface area contributed by atoms with E-state index in [1.807, 2.05) is 54.9 Å². The predicted octanol–water partition coefficient (Wildman–Crippen LogP) is 10.8. The molecule has 0 aliphatic carbocycles. The first kappa shape index (κ1) is 30.3. The zero-order chi connectivity index (χ0) is 29.1. The molecule has 1 radical (unpaired) electrons. The fourth-order valence-electron chi connectivity index (χ4n) is 5.41. The molecule has 2 aromatic heterocycles. The summed E-state index contributed by atoms with van der Waals surface area (Å²) in [7, 11) is 0. The van der Waals surface area contributed by atoms with Crippen LogP contribution in [0.25, 0.3) is 54.8 Å². The second-order valence-electron chi connectivity index (χ2n) is 11.3. The first-order chi connectivity index (χ1) is 20.5. The minimum Gasteiger partial charge on any atom is -0.304 e. The van der Waals surface area contributed by atoms with E-state index in [1.54, 1.807) is 0 Å². The summed E-state index contributed by atoms with van der Waals surface area (Å²) in [4.78, 5) is 9.20. The molecule has 0 atom stereocenters. The van der Waals surface area contributed by atoms with Crippen molar-refractivity contribution in [3.05, 3.63) is 145 Å². The third-order valence-corrected chi connectivity index (χ3v) is 7.76. The molecule has 7 rings (SSSR count). The number of benzene rings is 5. The SMILES string of the molecule is CC(C)c1[c-]c(-c2nccc3c2ccc2ccccc23)cc(C(C)C)c1.[Ir].[c-]1ccccc1-c1nccc2ccccc12. The average molecular weight is 735 g/mol. The van der Waals surface area contributed by atoms with E-state index in [0.717, 1.165) is 22.5 Å². The van der Waals surface area contributed by atoms with E-state index >= 15 is 0 Å². The van der Waals surface area contributed by atoms with E-state index in [-0.39, 0.29) is 20.1 Å². The van der Waals surface area contributed by atoms with Gasteiger partial charge in [0.2, 0.25) is 0 Å². The van der Waals surface area contributed by atoms with Crippen molar-refractivity contribution < 1.29 is 20.1 Å². The smallest absolute Gasteiger partial charge is 0.0167 e. The van der Waals surface area contributed by atoms with Gasteiger partial charge in [-0.15, -0.1) is 70.8 Å². The Morgan fingerprint density at radius 3 is 1.88 bits per heavy atom. The molecule has 0 bridgehead atoms. The molecule has 3 heteroatoms. The van der Waals surface area contributed by atoms with Gasteiger partial charge < -0.3 is 9.97 Å². The number of hydrogen-bond acceptors (Lipinski definition) is 2. The van der Waals surface area contributed by atoms with Crippen LogP contribution < -0.4 is 0 Å². The van der Waals surface area contributed by atoms with Gasteiger partial charge in [-0.05, 0) is 67.7 Å². The summed E-state index contributed by atoms with van der Waals surface area (Å²) >= 11 is 0. The fraction of sp³-hybridized carbons (Fsp3) is 0.150. The summed E-state index contributed by atoms with van der Waals surface area (Å²) in [5.74, 6) is 0.930. The van der Waals surface area contributed by atoms with Gasteiger partial charge in [0.25, 0.3) is 0 Å². The van der Waals surface area contributed by atoms with Crippen molar-refractivity contribution in [2.75, 3.05) is 0 Å². The van der Waals surface area contributed by atoms with Crippen molar-refractivity contribution in [1.29, 1.82) is 0 Å². The number of nitrogens with zero attached hydrogens (tertiary/aromatic N) is 2. The minimum absolute atomic E-state index is 0. The molecule has 0 amide bonds. The number of rotatable bonds is 4. The van der Waals surface area contributed by atoms with E-state index in [9.17, 15) is 0 Å². The Labute approximate surface area is 268 Å². The van der Waals surface area contributed by atoms with Gasteiger partial charge in [-0.2, -0.15) is 0 Å². The number of pyridine rings is 2. The van der Waals surface area contributed by atoms with E-state index in [4.69, 9.17) is 4.98 Å². The third kappa shape index (κ3) is 6.44. The second kappa shape index (κ2) is 13.4. The zero-order valence-corrected chi connectivity index (χ0v) is 27.3. The van der Waals surface area contributed by atoms with Crippen molar-refractivity contribution in [3.8, 4) is 22.5 Å². The van der Waals surface area contributed by atoms with Gasteiger partial charge in [0.05, 0.1) is 0 Å². The van der Waals surface area contributed by atoms with Gasteiger partial charge >= 0.3 is 0 Å². The maximum Gasteiger partial charge on any atom is 0.0167 e. The van der Waals surface area contributed by atoms with Gasteiger partial charge in [-0.25, -0.2) is 0 Å². The van der Waals surface area contributed by atoms with Gasteiger partial charge in [-0.1, -0.05) is 88.4 Å². The maximum atomic E-state index is 4.75. The first-order valence-corrected chi connectivity index (χ1v) is 14.6. The third-order valence-electron chi connectivity index (χ3n) is 7.76. The normalized spacial score (nSPS) is 11.0. The van der Waals surface area contributed by atoms with Crippen LogP contribution in [0.4, 0.5) is 0 Å². The molecule has 0 unspecified atom stereocenters. The van der Waals surface area contributed by atoms with Gasteiger partial charge in [0, 0.05) is 32.5 Å². The Bertz CT molecular complexity index is 1960. The summed E-state index contributed by atoms with van der Waals surface area (Å²) in [6.45, 7) is 8.94. The molecule has 7 aromatic rings. The van der Waals surface area contributed by atoms with Crippen LogP contribution in [0.2, 0.25) is 0 Å². The second-order valence-corrected chi connectivity index (χ2v) is 11.3. The summed E-state index contributed by atoms with van der Waals surface area (Å²) in [5, 5.41) is 7.37. The number of fused-ring (bicyclic) bond motifs is 4. The molecule has 0 N–H and O–H groups in total. The molecule has 0 saturated heterocycles. The molecule has 43 heavy (non-hydrogen) atoms. The molecule has 5 aromatic carbocycles. The van der Waals surface area contributed by atoms with Crippen molar-refractivity contribution >= 4 is 32.3 Å². The Morgan fingerprint density at radius 1 is 0.535 bits per heavy atom. The van der Waals surface area contributed by atoms with Crippen molar-refractivity contribution in [2.45, 2.75) is 39.5 Å². The fourth-order valence-corrected chi connectivity index (χ4v) is 5.41. The van der Waals surface area contributed by atoms with Crippen LogP contribution in [0, 0.1) is 12.1 Å². The number of hydrogen-bond donors (Lipinski definition) is 0. The first-order valence-electron chi connectivity index (χ1n) is 14.6. The molecular weight excluding hydrogens is 701 g/mol. The molecule has 0 aliphatic heterocycles. The Balaban J connectivity index is 0.000000186. The Hall–Kier alpha value is -4.17. The van der Waals surface area contributed by atoms with Crippen LogP contribution in [-0.2, 0) is 20.1 Å². The van der Waals surface area contributed by atoms with E-state index in [1.165, 1.54) is 43.4 Å².